The van der Waals surface area contributed by atoms with Gasteiger partial charge in [0.2, 0.25) is 0 Å². The van der Waals surface area contributed by atoms with E-state index >= 15 is 0 Å². The summed E-state index contributed by atoms with van der Waals surface area (Å²) >= 11 is 6.37. The van der Waals surface area contributed by atoms with Crippen molar-refractivity contribution in [1.29, 1.82) is 0 Å². The first kappa shape index (κ1) is 16.1. The number of aromatic nitrogens is 2. The fourth-order valence-corrected chi connectivity index (χ4v) is 2.79. The van der Waals surface area contributed by atoms with Gasteiger partial charge in [-0.2, -0.15) is 5.10 Å². The highest BCUT2D eigenvalue weighted by atomic mass is 35.5. The zero-order valence-electron chi connectivity index (χ0n) is 13.1. The average Bonchev–Trinajstić information content (AvgIpc) is 2.86. The van der Waals surface area contributed by atoms with E-state index in [0.717, 1.165) is 36.6 Å². The Labute approximate surface area is 132 Å². The van der Waals surface area contributed by atoms with E-state index in [1.165, 1.54) is 11.1 Å². The Bertz CT molecular complexity index is 560. The fraction of sp³-hybridized carbons (Fsp3) is 0.471. The smallest absolute Gasteiger partial charge is 0.0834 e. The van der Waals surface area contributed by atoms with Gasteiger partial charge in [-0.3, -0.25) is 4.68 Å². The van der Waals surface area contributed by atoms with Gasteiger partial charge < -0.3 is 5.32 Å². The summed E-state index contributed by atoms with van der Waals surface area (Å²) in [4.78, 5) is 0. The van der Waals surface area contributed by atoms with Crippen LogP contribution in [0.2, 0.25) is 5.02 Å². The number of rotatable bonds is 7. The Morgan fingerprint density at radius 2 is 1.95 bits per heavy atom. The SMILES string of the molecule is CCCNC(Cc1ccc(C)cc1)c1c(Cl)cnn1CC. The van der Waals surface area contributed by atoms with Crippen LogP contribution in [0.5, 0.6) is 0 Å². The zero-order valence-corrected chi connectivity index (χ0v) is 13.8. The van der Waals surface area contributed by atoms with Crippen molar-refractivity contribution in [1.82, 2.24) is 15.1 Å². The van der Waals surface area contributed by atoms with Gasteiger partial charge in [0.25, 0.3) is 0 Å². The van der Waals surface area contributed by atoms with Gasteiger partial charge in [-0.1, -0.05) is 48.4 Å². The predicted octanol–water partition coefficient (Wildman–Crippen LogP) is 4.15. The predicted molar refractivity (Wildman–Crippen MR) is 88.8 cm³/mol. The Hall–Kier alpha value is -1.32. The highest BCUT2D eigenvalue weighted by molar-refractivity contribution is 6.31. The molecule has 21 heavy (non-hydrogen) atoms. The lowest BCUT2D eigenvalue weighted by atomic mass is 10.0. The van der Waals surface area contributed by atoms with Crippen LogP contribution in [0, 0.1) is 6.92 Å². The summed E-state index contributed by atoms with van der Waals surface area (Å²) in [7, 11) is 0. The number of nitrogens with zero attached hydrogens (tertiary/aromatic N) is 2. The molecule has 0 bridgehead atoms. The second-order valence-corrected chi connectivity index (χ2v) is 5.80. The van der Waals surface area contributed by atoms with Gasteiger partial charge in [-0.25, -0.2) is 0 Å². The van der Waals surface area contributed by atoms with Gasteiger partial charge in [-0.15, -0.1) is 0 Å². The molecule has 0 radical (unpaired) electrons. The summed E-state index contributed by atoms with van der Waals surface area (Å²) < 4.78 is 1.99. The highest BCUT2D eigenvalue weighted by Crippen LogP contribution is 2.26. The lowest BCUT2D eigenvalue weighted by molar-refractivity contribution is 0.479. The van der Waals surface area contributed by atoms with E-state index in [1.54, 1.807) is 6.20 Å². The molecule has 1 aromatic heterocycles. The monoisotopic (exact) mass is 305 g/mol. The van der Waals surface area contributed by atoms with Gasteiger partial charge in [0.05, 0.1) is 23.0 Å². The molecule has 1 heterocycles. The van der Waals surface area contributed by atoms with Crippen molar-refractivity contribution >= 4 is 11.6 Å². The summed E-state index contributed by atoms with van der Waals surface area (Å²) in [5.74, 6) is 0. The summed E-state index contributed by atoms with van der Waals surface area (Å²) in [6, 6.07) is 8.89. The van der Waals surface area contributed by atoms with Crippen molar-refractivity contribution < 1.29 is 0 Å². The van der Waals surface area contributed by atoms with Crippen LogP contribution in [0.4, 0.5) is 0 Å². The van der Waals surface area contributed by atoms with E-state index in [9.17, 15) is 0 Å². The van der Waals surface area contributed by atoms with Crippen LogP contribution >= 0.6 is 11.6 Å². The van der Waals surface area contributed by atoms with E-state index in [-0.39, 0.29) is 6.04 Å². The van der Waals surface area contributed by atoms with Crippen LogP contribution in [-0.2, 0) is 13.0 Å². The minimum Gasteiger partial charge on any atom is -0.308 e. The molecule has 3 nitrogen and oxygen atoms in total. The van der Waals surface area contributed by atoms with E-state index < -0.39 is 0 Å². The summed E-state index contributed by atoms with van der Waals surface area (Å²) in [5.41, 5.74) is 3.69. The standard InChI is InChI=1S/C17H24ClN3/c1-4-10-19-16(11-14-8-6-13(3)7-9-14)17-15(18)12-20-21(17)5-2/h6-9,12,16,19H,4-5,10-11H2,1-3H3. The minimum absolute atomic E-state index is 0.197. The molecule has 2 aromatic rings. The fourth-order valence-electron chi connectivity index (χ4n) is 2.51. The van der Waals surface area contributed by atoms with Crippen molar-refractivity contribution in [2.45, 2.75) is 46.2 Å². The van der Waals surface area contributed by atoms with E-state index in [0.29, 0.717) is 0 Å². The van der Waals surface area contributed by atoms with Crippen LogP contribution in [0.25, 0.3) is 0 Å². The maximum Gasteiger partial charge on any atom is 0.0834 e. The maximum atomic E-state index is 6.37. The number of hydrogen-bond donors (Lipinski definition) is 1. The third-order valence-corrected chi connectivity index (χ3v) is 3.96. The molecule has 1 aromatic carbocycles. The van der Waals surface area contributed by atoms with Crippen molar-refractivity contribution in [2.24, 2.45) is 0 Å². The Kier molecular flexibility index (Phi) is 5.83. The first-order chi connectivity index (χ1) is 10.2. The van der Waals surface area contributed by atoms with Crippen LogP contribution in [0.1, 0.15) is 43.1 Å². The summed E-state index contributed by atoms with van der Waals surface area (Å²) in [5, 5.41) is 8.72. The molecule has 1 N–H and O–H groups in total. The quantitative estimate of drug-likeness (QED) is 0.833. The molecule has 0 aliphatic heterocycles. The lowest BCUT2D eigenvalue weighted by Gasteiger charge is -2.20. The number of hydrogen-bond acceptors (Lipinski definition) is 2. The molecular weight excluding hydrogens is 282 g/mol. The second-order valence-electron chi connectivity index (χ2n) is 5.39. The molecule has 0 saturated carbocycles. The van der Waals surface area contributed by atoms with E-state index in [4.69, 9.17) is 11.6 Å². The van der Waals surface area contributed by atoms with Gasteiger partial charge in [-0.05, 0) is 38.8 Å². The van der Waals surface area contributed by atoms with E-state index in [2.05, 4.69) is 55.5 Å². The summed E-state index contributed by atoms with van der Waals surface area (Å²) in [6.45, 7) is 8.19. The summed E-state index contributed by atoms with van der Waals surface area (Å²) in [6.07, 6.45) is 3.77. The molecule has 0 fully saturated rings. The molecular formula is C17H24ClN3. The van der Waals surface area contributed by atoms with Crippen molar-refractivity contribution in [3.05, 3.63) is 52.3 Å². The first-order valence-electron chi connectivity index (χ1n) is 7.65. The van der Waals surface area contributed by atoms with Crippen LogP contribution in [-0.4, -0.2) is 16.3 Å². The molecule has 0 spiro atoms. The van der Waals surface area contributed by atoms with Crippen molar-refractivity contribution in [3.63, 3.8) is 0 Å². The Morgan fingerprint density at radius 3 is 2.57 bits per heavy atom. The van der Waals surface area contributed by atoms with Gasteiger partial charge in [0, 0.05) is 6.54 Å². The molecule has 4 heteroatoms. The third kappa shape index (κ3) is 4.08. The van der Waals surface area contributed by atoms with Crippen LogP contribution in [0.15, 0.2) is 30.5 Å². The maximum absolute atomic E-state index is 6.37. The molecule has 1 atom stereocenters. The molecule has 0 saturated heterocycles. The van der Waals surface area contributed by atoms with Crippen LogP contribution in [0.3, 0.4) is 0 Å². The molecule has 114 valence electrons. The topological polar surface area (TPSA) is 29.9 Å². The average molecular weight is 306 g/mol. The van der Waals surface area contributed by atoms with E-state index in [1.807, 2.05) is 4.68 Å². The second kappa shape index (κ2) is 7.62. The molecule has 0 aliphatic rings. The number of nitrogens with one attached hydrogen (secondary N) is 1. The normalized spacial score (nSPS) is 12.6. The minimum atomic E-state index is 0.197. The first-order valence-corrected chi connectivity index (χ1v) is 8.03. The van der Waals surface area contributed by atoms with Gasteiger partial charge in [0.1, 0.15) is 0 Å². The Morgan fingerprint density at radius 1 is 1.24 bits per heavy atom. The zero-order chi connectivity index (χ0) is 15.2. The van der Waals surface area contributed by atoms with Crippen molar-refractivity contribution in [2.75, 3.05) is 6.54 Å². The molecule has 0 amide bonds. The largest absolute Gasteiger partial charge is 0.308 e. The number of halogens is 1. The van der Waals surface area contributed by atoms with Gasteiger partial charge in [0.15, 0.2) is 0 Å². The molecule has 1 unspecified atom stereocenters. The number of benzene rings is 1. The lowest BCUT2D eigenvalue weighted by Crippen LogP contribution is -2.27. The Balaban J connectivity index is 2.25. The van der Waals surface area contributed by atoms with Gasteiger partial charge >= 0.3 is 0 Å². The number of aryl methyl sites for hydroxylation is 2. The van der Waals surface area contributed by atoms with Crippen molar-refractivity contribution in [3.8, 4) is 0 Å². The molecule has 0 aliphatic carbocycles. The highest BCUT2D eigenvalue weighted by Gasteiger charge is 2.19. The third-order valence-electron chi connectivity index (χ3n) is 3.66. The molecule has 2 rings (SSSR count). The van der Waals surface area contributed by atoms with Crippen LogP contribution < -0.4 is 5.32 Å².